The number of piperidine rings is 1. The van der Waals surface area contributed by atoms with E-state index >= 15 is 0 Å². The first-order chi connectivity index (χ1) is 11.2. The summed E-state index contributed by atoms with van der Waals surface area (Å²) in [6.45, 7) is 3.00. The van der Waals surface area contributed by atoms with Gasteiger partial charge in [0.15, 0.2) is 0 Å². The van der Waals surface area contributed by atoms with Gasteiger partial charge in [-0.25, -0.2) is 4.39 Å². The van der Waals surface area contributed by atoms with Crippen LogP contribution in [0.25, 0.3) is 0 Å². The summed E-state index contributed by atoms with van der Waals surface area (Å²) in [6.07, 6.45) is 2.16. The molecule has 2 aromatic carbocycles. The van der Waals surface area contributed by atoms with Gasteiger partial charge in [0.1, 0.15) is 17.7 Å². The third-order valence-electron chi connectivity index (χ3n) is 4.26. The van der Waals surface area contributed by atoms with Gasteiger partial charge >= 0.3 is 0 Å². The van der Waals surface area contributed by atoms with Gasteiger partial charge in [-0.3, -0.25) is 4.90 Å². The zero-order valence-electron chi connectivity index (χ0n) is 13.1. The normalized spacial score (nSPS) is 16.4. The molecule has 0 spiro atoms. The molecule has 0 bridgehead atoms. The highest BCUT2D eigenvalue weighted by Gasteiger charge is 2.20. The highest BCUT2D eigenvalue weighted by molar-refractivity contribution is 5.23. The summed E-state index contributed by atoms with van der Waals surface area (Å²) in [6, 6.07) is 14.3. The van der Waals surface area contributed by atoms with Crippen molar-refractivity contribution in [2.45, 2.75) is 32.1 Å². The van der Waals surface area contributed by atoms with E-state index in [1.54, 1.807) is 12.1 Å². The van der Waals surface area contributed by atoms with Crippen molar-refractivity contribution >= 4 is 0 Å². The quantitative estimate of drug-likeness (QED) is 0.918. The van der Waals surface area contributed by atoms with Crippen molar-refractivity contribution in [3.8, 4) is 5.75 Å². The molecule has 3 nitrogen and oxygen atoms in total. The molecular formula is C19H22FNO2. The average Bonchev–Trinajstić information content (AvgIpc) is 2.59. The number of ether oxygens (including phenoxy) is 1. The largest absolute Gasteiger partial charge is 0.490 e. The highest BCUT2D eigenvalue weighted by atomic mass is 19.1. The first kappa shape index (κ1) is 16.0. The summed E-state index contributed by atoms with van der Waals surface area (Å²) in [5, 5.41) is 9.07. The second-order valence-corrected chi connectivity index (χ2v) is 6.02. The van der Waals surface area contributed by atoms with E-state index in [4.69, 9.17) is 9.84 Å². The minimum Gasteiger partial charge on any atom is -0.490 e. The third kappa shape index (κ3) is 4.53. The van der Waals surface area contributed by atoms with Crippen LogP contribution >= 0.6 is 0 Å². The number of hydrogen-bond acceptors (Lipinski definition) is 3. The Kier molecular flexibility index (Phi) is 5.26. The Morgan fingerprint density at radius 2 is 1.57 bits per heavy atom. The lowest BCUT2D eigenvalue weighted by atomic mass is 10.1. The zero-order chi connectivity index (χ0) is 16.1. The monoisotopic (exact) mass is 315 g/mol. The van der Waals surface area contributed by atoms with Crippen molar-refractivity contribution < 1.29 is 14.2 Å². The van der Waals surface area contributed by atoms with Crippen LogP contribution < -0.4 is 4.74 Å². The summed E-state index contributed by atoms with van der Waals surface area (Å²) >= 11 is 0. The van der Waals surface area contributed by atoms with Crippen LogP contribution in [0.4, 0.5) is 4.39 Å². The van der Waals surface area contributed by atoms with Crippen LogP contribution in [0, 0.1) is 5.82 Å². The third-order valence-corrected chi connectivity index (χ3v) is 4.26. The lowest BCUT2D eigenvalue weighted by Crippen LogP contribution is -2.37. The molecule has 122 valence electrons. The molecule has 2 aromatic rings. The Morgan fingerprint density at radius 3 is 2.17 bits per heavy atom. The molecule has 0 saturated carbocycles. The second kappa shape index (κ2) is 7.57. The fourth-order valence-electron chi connectivity index (χ4n) is 2.90. The molecular weight excluding hydrogens is 293 g/mol. The van der Waals surface area contributed by atoms with Gasteiger partial charge in [0.05, 0.1) is 6.61 Å². The standard InChI is InChI=1S/C19H22FNO2/c20-17-5-7-18(8-6-17)23-19-9-11-21(12-10-19)13-15-1-3-16(14-22)4-2-15/h1-8,19,22H,9-14H2. The topological polar surface area (TPSA) is 32.7 Å². The zero-order valence-corrected chi connectivity index (χ0v) is 13.1. The lowest BCUT2D eigenvalue weighted by Gasteiger charge is -2.32. The molecule has 0 radical (unpaired) electrons. The number of hydrogen-bond donors (Lipinski definition) is 1. The van der Waals surface area contributed by atoms with Crippen molar-refractivity contribution in [1.82, 2.24) is 4.90 Å². The van der Waals surface area contributed by atoms with E-state index in [2.05, 4.69) is 17.0 Å². The maximum Gasteiger partial charge on any atom is 0.123 e. The smallest absolute Gasteiger partial charge is 0.123 e. The summed E-state index contributed by atoms with van der Waals surface area (Å²) in [7, 11) is 0. The SMILES string of the molecule is OCc1ccc(CN2CCC(Oc3ccc(F)cc3)CC2)cc1. The Balaban J connectivity index is 1.47. The van der Waals surface area contributed by atoms with Crippen molar-refractivity contribution in [3.05, 3.63) is 65.5 Å². The van der Waals surface area contributed by atoms with E-state index in [1.165, 1.54) is 17.7 Å². The molecule has 1 aliphatic rings. The number of benzene rings is 2. The number of likely N-dealkylation sites (tertiary alicyclic amines) is 1. The van der Waals surface area contributed by atoms with E-state index in [1.807, 2.05) is 12.1 Å². The summed E-state index contributed by atoms with van der Waals surface area (Å²) in [4.78, 5) is 2.42. The predicted octanol–water partition coefficient (Wildman–Crippen LogP) is 3.36. The number of rotatable bonds is 5. The maximum absolute atomic E-state index is 12.9. The van der Waals surface area contributed by atoms with Crippen LogP contribution in [-0.4, -0.2) is 29.2 Å². The van der Waals surface area contributed by atoms with Crippen LogP contribution in [0.15, 0.2) is 48.5 Å². The van der Waals surface area contributed by atoms with Crippen LogP contribution in [0.2, 0.25) is 0 Å². The van der Waals surface area contributed by atoms with Crippen LogP contribution in [0.1, 0.15) is 24.0 Å². The van der Waals surface area contributed by atoms with Gasteiger partial charge in [-0.15, -0.1) is 0 Å². The maximum atomic E-state index is 12.9. The Bertz CT molecular complexity index is 604. The molecule has 4 heteroatoms. The lowest BCUT2D eigenvalue weighted by molar-refractivity contribution is 0.0967. The minimum absolute atomic E-state index is 0.0897. The van der Waals surface area contributed by atoms with E-state index in [0.717, 1.165) is 43.8 Å². The molecule has 0 atom stereocenters. The number of aliphatic hydroxyl groups excluding tert-OH is 1. The molecule has 23 heavy (non-hydrogen) atoms. The molecule has 1 N–H and O–H groups in total. The first-order valence-electron chi connectivity index (χ1n) is 8.06. The van der Waals surface area contributed by atoms with Gasteiger partial charge in [-0.1, -0.05) is 24.3 Å². The summed E-state index contributed by atoms with van der Waals surface area (Å²) in [5.41, 5.74) is 2.21. The molecule has 1 heterocycles. The fourth-order valence-corrected chi connectivity index (χ4v) is 2.90. The molecule has 0 aromatic heterocycles. The molecule has 1 aliphatic heterocycles. The number of aliphatic hydroxyl groups is 1. The van der Waals surface area contributed by atoms with Gasteiger partial charge < -0.3 is 9.84 Å². The minimum atomic E-state index is -0.237. The van der Waals surface area contributed by atoms with Crippen LogP contribution in [0.3, 0.4) is 0 Å². The van der Waals surface area contributed by atoms with Crippen molar-refractivity contribution in [2.75, 3.05) is 13.1 Å². The van der Waals surface area contributed by atoms with E-state index in [9.17, 15) is 4.39 Å². The molecule has 0 amide bonds. The highest BCUT2D eigenvalue weighted by Crippen LogP contribution is 2.20. The summed E-state index contributed by atoms with van der Waals surface area (Å²) in [5.74, 6) is 0.504. The molecule has 0 unspecified atom stereocenters. The number of nitrogens with zero attached hydrogens (tertiary/aromatic N) is 1. The predicted molar refractivity (Wildman–Crippen MR) is 87.7 cm³/mol. The van der Waals surface area contributed by atoms with E-state index in [0.29, 0.717) is 0 Å². The molecule has 1 fully saturated rings. The Morgan fingerprint density at radius 1 is 0.957 bits per heavy atom. The number of halogens is 1. The van der Waals surface area contributed by atoms with Gasteiger partial charge in [-0.05, 0) is 48.2 Å². The van der Waals surface area contributed by atoms with Gasteiger partial charge in [0.25, 0.3) is 0 Å². The Labute approximate surface area is 136 Å². The van der Waals surface area contributed by atoms with Gasteiger partial charge in [-0.2, -0.15) is 0 Å². The summed E-state index contributed by atoms with van der Waals surface area (Å²) < 4.78 is 18.8. The van der Waals surface area contributed by atoms with E-state index < -0.39 is 0 Å². The molecule has 3 rings (SSSR count). The van der Waals surface area contributed by atoms with Crippen molar-refractivity contribution in [1.29, 1.82) is 0 Å². The van der Waals surface area contributed by atoms with E-state index in [-0.39, 0.29) is 18.5 Å². The first-order valence-corrected chi connectivity index (χ1v) is 8.06. The van der Waals surface area contributed by atoms with Gasteiger partial charge in [0, 0.05) is 19.6 Å². The van der Waals surface area contributed by atoms with Crippen LogP contribution in [-0.2, 0) is 13.2 Å². The molecule has 0 aliphatic carbocycles. The molecule has 1 saturated heterocycles. The average molecular weight is 315 g/mol. The van der Waals surface area contributed by atoms with Crippen LogP contribution in [0.5, 0.6) is 5.75 Å². The van der Waals surface area contributed by atoms with Crippen molar-refractivity contribution in [2.24, 2.45) is 0 Å². The van der Waals surface area contributed by atoms with Crippen molar-refractivity contribution in [3.63, 3.8) is 0 Å². The Hall–Kier alpha value is -1.91. The second-order valence-electron chi connectivity index (χ2n) is 6.02. The van der Waals surface area contributed by atoms with Gasteiger partial charge in [0.2, 0.25) is 0 Å². The fraction of sp³-hybridized carbons (Fsp3) is 0.368.